The molecule has 1 N–H and O–H groups in total. The Balaban J connectivity index is 1.90. The fraction of sp³-hybridized carbons (Fsp3) is 0.0345. The van der Waals surface area contributed by atoms with Gasteiger partial charge in [0, 0.05) is 27.4 Å². The van der Waals surface area contributed by atoms with E-state index in [0.29, 0.717) is 22.7 Å². The summed E-state index contributed by atoms with van der Waals surface area (Å²) < 4.78 is 7.39. The van der Waals surface area contributed by atoms with Crippen molar-refractivity contribution in [2.45, 2.75) is 0 Å². The van der Waals surface area contributed by atoms with Gasteiger partial charge in [0.25, 0.3) is 0 Å². The number of halogens is 1. The molecule has 0 unspecified atom stereocenters. The van der Waals surface area contributed by atoms with Crippen molar-refractivity contribution in [1.82, 2.24) is 9.55 Å². The number of rotatable bonds is 6. The molecule has 0 fully saturated rings. The highest BCUT2D eigenvalue weighted by Gasteiger charge is 2.24. The Morgan fingerprint density at radius 1 is 0.857 bits per heavy atom. The van der Waals surface area contributed by atoms with Gasteiger partial charge in [0.2, 0.25) is 0 Å². The Labute approximate surface area is 207 Å². The minimum absolute atomic E-state index is 0.118. The number of aromatic nitrogens is 2. The molecule has 6 heteroatoms. The van der Waals surface area contributed by atoms with E-state index in [-0.39, 0.29) is 17.1 Å². The van der Waals surface area contributed by atoms with Crippen LogP contribution in [-0.2, 0) is 0 Å². The van der Waals surface area contributed by atoms with E-state index in [1.165, 1.54) is 7.11 Å². The summed E-state index contributed by atoms with van der Waals surface area (Å²) in [6.07, 6.45) is 0.604. The van der Waals surface area contributed by atoms with Gasteiger partial charge in [-0.15, -0.1) is 0 Å². The van der Waals surface area contributed by atoms with Gasteiger partial charge in [-0.25, -0.2) is 4.98 Å². The molecule has 0 saturated carbocycles. The van der Waals surface area contributed by atoms with E-state index in [9.17, 15) is 9.90 Å². The van der Waals surface area contributed by atoms with Gasteiger partial charge in [0.05, 0.1) is 24.1 Å². The average Bonchev–Trinajstić information content (AvgIpc) is 3.31. The maximum Gasteiger partial charge on any atom is 0.168 e. The lowest BCUT2D eigenvalue weighted by Crippen LogP contribution is -2.01. The lowest BCUT2D eigenvalue weighted by molar-refractivity contribution is 0.112. The predicted octanol–water partition coefficient (Wildman–Crippen LogP) is 7.05. The molecule has 0 aliphatic carbocycles. The van der Waals surface area contributed by atoms with Gasteiger partial charge in [-0.3, -0.25) is 9.36 Å². The SMILES string of the molecule is COc1cc(-c2nc(-c3ccccc3)c(-c3ccccc3)n2-c2ccc(Cl)cc2)cc(C=O)c1O. The van der Waals surface area contributed by atoms with Crippen LogP contribution in [0.25, 0.3) is 39.6 Å². The third kappa shape index (κ3) is 4.18. The highest BCUT2D eigenvalue weighted by atomic mass is 35.5. The van der Waals surface area contributed by atoms with Crippen molar-refractivity contribution in [3.63, 3.8) is 0 Å². The number of aldehydes is 1. The second-order valence-corrected chi connectivity index (χ2v) is 8.35. The fourth-order valence-corrected chi connectivity index (χ4v) is 4.24. The first-order chi connectivity index (χ1) is 17.1. The van der Waals surface area contributed by atoms with Crippen LogP contribution >= 0.6 is 11.6 Å². The maximum absolute atomic E-state index is 11.7. The number of phenolic OH excluding ortho intramolecular Hbond substituents is 1. The Kier molecular flexibility index (Phi) is 6.08. The summed E-state index contributed by atoms with van der Waals surface area (Å²) in [7, 11) is 1.45. The molecule has 35 heavy (non-hydrogen) atoms. The van der Waals surface area contributed by atoms with E-state index in [0.717, 1.165) is 28.2 Å². The Hall–Kier alpha value is -4.35. The van der Waals surface area contributed by atoms with Crippen molar-refractivity contribution >= 4 is 17.9 Å². The molecule has 0 aliphatic rings. The molecule has 4 aromatic carbocycles. The van der Waals surface area contributed by atoms with Crippen LogP contribution in [0.1, 0.15) is 10.4 Å². The van der Waals surface area contributed by atoms with Crippen molar-refractivity contribution in [3.8, 4) is 51.1 Å². The zero-order valence-electron chi connectivity index (χ0n) is 18.9. The second kappa shape index (κ2) is 9.49. The summed E-state index contributed by atoms with van der Waals surface area (Å²) in [6, 6.07) is 30.7. The van der Waals surface area contributed by atoms with Crippen LogP contribution in [0.4, 0.5) is 0 Å². The first-order valence-corrected chi connectivity index (χ1v) is 11.3. The average molecular weight is 481 g/mol. The minimum Gasteiger partial charge on any atom is -0.504 e. The van der Waals surface area contributed by atoms with Crippen LogP contribution in [0.2, 0.25) is 5.02 Å². The first kappa shape index (κ1) is 22.4. The van der Waals surface area contributed by atoms with Crippen LogP contribution < -0.4 is 4.74 Å². The van der Waals surface area contributed by atoms with Gasteiger partial charge in [-0.1, -0.05) is 72.3 Å². The predicted molar refractivity (Wildman–Crippen MR) is 138 cm³/mol. The largest absolute Gasteiger partial charge is 0.504 e. The van der Waals surface area contributed by atoms with Gasteiger partial charge in [-0.05, 0) is 36.4 Å². The Bertz CT molecular complexity index is 1500. The number of carbonyl (C=O) groups is 1. The molecule has 5 rings (SSSR count). The molecule has 0 amide bonds. The molecular formula is C29H21ClN2O3. The van der Waals surface area contributed by atoms with Crippen LogP contribution in [0, 0.1) is 0 Å². The number of hydrogen-bond donors (Lipinski definition) is 1. The summed E-state index contributed by atoms with van der Waals surface area (Å²) in [5.41, 5.74) is 5.17. The summed E-state index contributed by atoms with van der Waals surface area (Å²) in [5, 5.41) is 11.0. The summed E-state index contributed by atoms with van der Waals surface area (Å²) in [4.78, 5) is 16.8. The van der Waals surface area contributed by atoms with Gasteiger partial charge < -0.3 is 9.84 Å². The molecule has 5 nitrogen and oxygen atoms in total. The molecule has 0 aliphatic heterocycles. The molecule has 5 aromatic rings. The summed E-state index contributed by atoms with van der Waals surface area (Å²) in [6.45, 7) is 0. The van der Waals surface area contributed by atoms with E-state index in [1.807, 2.05) is 89.5 Å². The van der Waals surface area contributed by atoms with Gasteiger partial charge in [-0.2, -0.15) is 0 Å². The normalized spacial score (nSPS) is 10.8. The summed E-state index contributed by atoms with van der Waals surface area (Å²) >= 11 is 6.20. The van der Waals surface area contributed by atoms with Crippen molar-refractivity contribution in [2.75, 3.05) is 7.11 Å². The molecule has 1 aromatic heterocycles. The van der Waals surface area contributed by atoms with Gasteiger partial charge in [0.15, 0.2) is 17.8 Å². The molecule has 0 radical (unpaired) electrons. The zero-order chi connectivity index (χ0) is 24.4. The number of aromatic hydroxyl groups is 1. The smallest absolute Gasteiger partial charge is 0.168 e. The molecule has 0 bridgehead atoms. The lowest BCUT2D eigenvalue weighted by atomic mass is 10.0. The fourth-order valence-electron chi connectivity index (χ4n) is 4.12. The minimum atomic E-state index is -0.206. The van der Waals surface area contributed by atoms with Crippen LogP contribution in [0.15, 0.2) is 97.1 Å². The van der Waals surface area contributed by atoms with Crippen molar-refractivity contribution in [2.24, 2.45) is 0 Å². The van der Waals surface area contributed by atoms with Crippen LogP contribution in [0.3, 0.4) is 0 Å². The first-order valence-electron chi connectivity index (χ1n) is 11.0. The van der Waals surface area contributed by atoms with Crippen molar-refractivity contribution in [3.05, 3.63) is 108 Å². The van der Waals surface area contributed by atoms with Gasteiger partial charge >= 0.3 is 0 Å². The number of nitrogens with zero attached hydrogens (tertiary/aromatic N) is 2. The molecule has 1 heterocycles. The molecular weight excluding hydrogens is 460 g/mol. The van der Waals surface area contributed by atoms with E-state index in [2.05, 4.69) is 0 Å². The topological polar surface area (TPSA) is 64.4 Å². The number of phenols is 1. The molecule has 0 spiro atoms. The van der Waals surface area contributed by atoms with Crippen molar-refractivity contribution in [1.29, 1.82) is 0 Å². The number of carbonyl (C=O) groups excluding carboxylic acids is 1. The molecule has 0 saturated heterocycles. The third-order valence-corrected chi connectivity index (χ3v) is 6.02. The standard InChI is InChI=1S/C29H21ClN2O3/c1-35-25-17-21(16-22(18-33)28(25)34)29-31-26(19-8-4-2-5-9-19)27(20-10-6-3-7-11-20)32(29)24-14-12-23(30)13-15-24/h2-18,34H,1H3. The number of methoxy groups -OCH3 is 1. The summed E-state index contributed by atoms with van der Waals surface area (Å²) in [5.74, 6) is 0.576. The number of hydrogen-bond acceptors (Lipinski definition) is 4. The van der Waals surface area contributed by atoms with Gasteiger partial charge in [0.1, 0.15) is 5.82 Å². The zero-order valence-corrected chi connectivity index (χ0v) is 19.6. The second-order valence-electron chi connectivity index (χ2n) is 7.91. The molecule has 0 atom stereocenters. The Morgan fingerprint density at radius 3 is 2.09 bits per heavy atom. The quantitative estimate of drug-likeness (QED) is 0.264. The monoisotopic (exact) mass is 480 g/mol. The lowest BCUT2D eigenvalue weighted by Gasteiger charge is -2.15. The van der Waals surface area contributed by atoms with E-state index in [4.69, 9.17) is 21.3 Å². The van der Waals surface area contributed by atoms with Crippen molar-refractivity contribution < 1.29 is 14.6 Å². The number of ether oxygens (including phenoxy) is 1. The van der Waals surface area contributed by atoms with E-state index < -0.39 is 0 Å². The maximum atomic E-state index is 11.7. The van der Waals surface area contributed by atoms with E-state index >= 15 is 0 Å². The van der Waals surface area contributed by atoms with E-state index in [1.54, 1.807) is 12.1 Å². The highest BCUT2D eigenvalue weighted by Crippen LogP contribution is 2.41. The molecule has 172 valence electrons. The van der Waals surface area contributed by atoms with Crippen LogP contribution in [0.5, 0.6) is 11.5 Å². The third-order valence-electron chi connectivity index (χ3n) is 5.77. The highest BCUT2D eigenvalue weighted by molar-refractivity contribution is 6.30. The number of benzene rings is 4. The Morgan fingerprint density at radius 2 is 1.49 bits per heavy atom. The number of imidazole rings is 1. The van der Waals surface area contributed by atoms with Crippen LogP contribution in [-0.4, -0.2) is 28.1 Å².